The van der Waals surface area contributed by atoms with Gasteiger partial charge in [0, 0.05) is 16.3 Å². The maximum Gasteiger partial charge on any atom is 0.0756 e. The lowest BCUT2D eigenvalue weighted by molar-refractivity contribution is 0.723. The molecular weight excluding hydrogens is 326 g/mol. The average Bonchev–Trinajstić information content (AvgIpc) is 3.13. The van der Waals surface area contributed by atoms with E-state index in [0.29, 0.717) is 0 Å². The maximum atomic E-state index is 6.32. The van der Waals surface area contributed by atoms with E-state index >= 15 is 0 Å². The van der Waals surface area contributed by atoms with Crippen LogP contribution in [0.2, 0.25) is 5.02 Å². The lowest BCUT2D eigenvalue weighted by atomic mass is 9.99. The molecule has 0 aromatic heterocycles. The van der Waals surface area contributed by atoms with E-state index in [1.165, 1.54) is 22.3 Å². The molecule has 0 amide bonds. The highest BCUT2D eigenvalue weighted by Crippen LogP contribution is 2.33. The van der Waals surface area contributed by atoms with E-state index in [4.69, 9.17) is 16.6 Å². The van der Waals surface area contributed by atoms with Crippen molar-refractivity contribution in [2.45, 2.75) is 25.8 Å². The van der Waals surface area contributed by atoms with Crippen LogP contribution in [0.4, 0.5) is 0 Å². The van der Waals surface area contributed by atoms with Gasteiger partial charge in [-0.1, -0.05) is 83.9 Å². The van der Waals surface area contributed by atoms with Gasteiger partial charge < -0.3 is 0 Å². The maximum absolute atomic E-state index is 6.32. The van der Waals surface area contributed by atoms with Crippen LogP contribution >= 0.6 is 11.6 Å². The van der Waals surface area contributed by atoms with Gasteiger partial charge in [0.05, 0.1) is 6.04 Å². The minimum Gasteiger partial charge on any atom is -0.281 e. The van der Waals surface area contributed by atoms with E-state index in [0.717, 1.165) is 29.1 Å². The van der Waals surface area contributed by atoms with Crippen molar-refractivity contribution in [3.63, 3.8) is 0 Å². The molecule has 0 spiro atoms. The van der Waals surface area contributed by atoms with E-state index in [2.05, 4.69) is 61.5 Å². The number of halogens is 1. The van der Waals surface area contributed by atoms with Crippen molar-refractivity contribution in [1.82, 2.24) is 0 Å². The van der Waals surface area contributed by atoms with E-state index in [-0.39, 0.29) is 6.04 Å². The zero-order valence-electron chi connectivity index (χ0n) is 14.2. The molecule has 0 bridgehead atoms. The molecule has 0 N–H and O–H groups in total. The normalized spacial score (nSPS) is 16.7. The number of aryl methyl sites for hydroxylation is 1. The van der Waals surface area contributed by atoms with E-state index in [1.807, 2.05) is 18.2 Å². The minimum absolute atomic E-state index is 0.235. The Hall–Kier alpha value is -2.38. The van der Waals surface area contributed by atoms with Crippen LogP contribution in [-0.4, -0.2) is 5.71 Å². The zero-order valence-corrected chi connectivity index (χ0v) is 15.0. The van der Waals surface area contributed by atoms with Gasteiger partial charge in [-0.25, -0.2) is 0 Å². The molecule has 1 heterocycles. The summed E-state index contributed by atoms with van der Waals surface area (Å²) < 4.78 is 0. The Bertz CT molecular complexity index is 908. The van der Waals surface area contributed by atoms with Gasteiger partial charge in [-0.05, 0) is 42.5 Å². The monoisotopic (exact) mass is 345 g/mol. The summed E-state index contributed by atoms with van der Waals surface area (Å²) in [5.74, 6) is 0. The topological polar surface area (TPSA) is 12.4 Å². The van der Waals surface area contributed by atoms with Crippen molar-refractivity contribution in [2.75, 3.05) is 0 Å². The van der Waals surface area contributed by atoms with Gasteiger partial charge in [0.2, 0.25) is 0 Å². The molecule has 0 saturated heterocycles. The number of aliphatic imine (C=N–C) groups is 1. The zero-order chi connectivity index (χ0) is 17.2. The van der Waals surface area contributed by atoms with Crippen molar-refractivity contribution in [3.05, 3.63) is 94.5 Å². The number of benzene rings is 3. The lowest BCUT2D eigenvalue weighted by Crippen LogP contribution is -1.96. The number of hydrogen-bond acceptors (Lipinski definition) is 1. The predicted octanol–water partition coefficient (Wildman–Crippen LogP) is 6.64. The van der Waals surface area contributed by atoms with Gasteiger partial charge in [-0.15, -0.1) is 0 Å². The molecule has 0 aliphatic carbocycles. The molecule has 1 nitrogen and oxygen atoms in total. The predicted molar refractivity (Wildman–Crippen MR) is 107 cm³/mol. The van der Waals surface area contributed by atoms with Crippen molar-refractivity contribution >= 4 is 17.3 Å². The van der Waals surface area contributed by atoms with Crippen molar-refractivity contribution in [1.29, 1.82) is 0 Å². The Kier molecular flexibility index (Phi) is 4.42. The summed E-state index contributed by atoms with van der Waals surface area (Å²) in [6, 6.07) is 25.7. The summed E-state index contributed by atoms with van der Waals surface area (Å²) in [7, 11) is 0. The van der Waals surface area contributed by atoms with Gasteiger partial charge in [0.1, 0.15) is 0 Å². The third-order valence-electron chi connectivity index (χ3n) is 4.83. The summed E-state index contributed by atoms with van der Waals surface area (Å²) in [6.45, 7) is 2.11. The van der Waals surface area contributed by atoms with Gasteiger partial charge in [0.25, 0.3) is 0 Å². The molecule has 1 atom stereocenters. The second-order valence-corrected chi connectivity index (χ2v) is 7.01. The number of rotatable bonds is 3. The van der Waals surface area contributed by atoms with E-state index in [1.54, 1.807) is 0 Å². The van der Waals surface area contributed by atoms with Crippen molar-refractivity contribution in [2.24, 2.45) is 4.99 Å². The second kappa shape index (κ2) is 6.85. The Labute approximate surface area is 154 Å². The molecule has 124 valence electrons. The second-order valence-electron chi connectivity index (χ2n) is 6.60. The van der Waals surface area contributed by atoms with E-state index in [9.17, 15) is 0 Å². The molecule has 0 saturated carbocycles. The van der Waals surface area contributed by atoms with Crippen LogP contribution in [0.3, 0.4) is 0 Å². The standard InChI is InChI=1S/C23H20ClN/c1-16-6-8-17(9-7-16)18-10-12-19(13-11-18)22-14-15-23(25-22)20-4-2-3-5-21(20)24/h2-13,22H,14-15H2,1H3. The van der Waals surface area contributed by atoms with Crippen LogP contribution in [0.1, 0.15) is 35.6 Å². The fourth-order valence-electron chi connectivity index (χ4n) is 3.38. The third-order valence-corrected chi connectivity index (χ3v) is 5.16. The first kappa shape index (κ1) is 16.1. The summed E-state index contributed by atoms with van der Waals surface area (Å²) in [5.41, 5.74) is 7.26. The molecule has 1 aliphatic heterocycles. The highest BCUT2D eigenvalue weighted by Gasteiger charge is 2.21. The number of hydrogen-bond donors (Lipinski definition) is 0. The molecule has 0 radical (unpaired) electrons. The van der Waals surface area contributed by atoms with Crippen LogP contribution in [0.25, 0.3) is 11.1 Å². The molecule has 0 fully saturated rings. The van der Waals surface area contributed by atoms with Gasteiger partial charge in [-0.3, -0.25) is 4.99 Å². The first-order valence-electron chi connectivity index (χ1n) is 8.69. The van der Waals surface area contributed by atoms with Crippen LogP contribution in [0.5, 0.6) is 0 Å². The SMILES string of the molecule is Cc1ccc(-c2ccc(C3CCC(c4ccccc4Cl)=N3)cc2)cc1. The molecule has 1 aliphatic rings. The van der Waals surface area contributed by atoms with Gasteiger partial charge in [0.15, 0.2) is 0 Å². The Morgan fingerprint density at radius 2 is 1.48 bits per heavy atom. The van der Waals surface area contributed by atoms with Gasteiger partial charge >= 0.3 is 0 Å². The van der Waals surface area contributed by atoms with Crippen LogP contribution in [-0.2, 0) is 0 Å². The third kappa shape index (κ3) is 3.38. The van der Waals surface area contributed by atoms with Crippen LogP contribution in [0.15, 0.2) is 77.8 Å². The van der Waals surface area contributed by atoms with E-state index < -0.39 is 0 Å². The largest absolute Gasteiger partial charge is 0.281 e. The summed E-state index contributed by atoms with van der Waals surface area (Å²) in [5, 5.41) is 0.789. The first-order chi connectivity index (χ1) is 12.2. The van der Waals surface area contributed by atoms with Crippen molar-refractivity contribution in [3.8, 4) is 11.1 Å². The molecular formula is C23H20ClN. The minimum atomic E-state index is 0.235. The average molecular weight is 346 g/mol. The fourth-order valence-corrected chi connectivity index (χ4v) is 3.62. The molecule has 1 unspecified atom stereocenters. The Morgan fingerprint density at radius 1 is 0.840 bits per heavy atom. The summed E-state index contributed by atoms with van der Waals surface area (Å²) in [4.78, 5) is 4.94. The quantitative estimate of drug-likeness (QED) is 0.504. The molecule has 3 aromatic rings. The van der Waals surface area contributed by atoms with Crippen LogP contribution < -0.4 is 0 Å². The number of nitrogens with zero attached hydrogens (tertiary/aromatic N) is 1. The molecule has 2 heteroatoms. The molecule has 4 rings (SSSR count). The smallest absolute Gasteiger partial charge is 0.0756 e. The summed E-state index contributed by atoms with van der Waals surface area (Å²) in [6.07, 6.45) is 2.03. The Morgan fingerprint density at radius 3 is 2.16 bits per heavy atom. The first-order valence-corrected chi connectivity index (χ1v) is 9.07. The highest BCUT2D eigenvalue weighted by molar-refractivity contribution is 6.34. The molecule has 3 aromatic carbocycles. The lowest BCUT2D eigenvalue weighted by Gasteiger charge is -2.09. The molecule has 25 heavy (non-hydrogen) atoms. The Balaban J connectivity index is 1.57. The van der Waals surface area contributed by atoms with Crippen LogP contribution in [0, 0.1) is 6.92 Å². The van der Waals surface area contributed by atoms with Crippen molar-refractivity contribution < 1.29 is 0 Å². The summed E-state index contributed by atoms with van der Waals surface area (Å²) >= 11 is 6.32. The highest BCUT2D eigenvalue weighted by atomic mass is 35.5. The van der Waals surface area contributed by atoms with Gasteiger partial charge in [-0.2, -0.15) is 0 Å². The fraction of sp³-hybridized carbons (Fsp3) is 0.174.